The van der Waals surface area contributed by atoms with Crippen LogP contribution in [0.4, 0.5) is 0 Å². The summed E-state index contributed by atoms with van der Waals surface area (Å²) in [5, 5.41) is 0.806. The number of nitrogens with zero attached hydrogens (tertiary/aromatic N) is 3. The average molecular weight is 349 g/mol. The Morgan fingerprint density at radius 2 is 1.76 bits per heavy atom. The summed E-state index contributed by atoms with van der Waals surface area (Å²) in [6.45, 7) is 0.651. The van der Waals surface area contributed by atoms with Crippen molar-refractivity contribution >= 4 is 20.7 Å². The standard InChI is InChI=1S/C19H15N3O2S/c23-25(24,18-11-16-3-1-2-4-19(16)21-12-18)17-7-5-15(6-8-17)13-22-10-9-20-14-22/h1-12,14H,13H2. The highest BCUT2D eigenvalue weighted by Gasteiger charge is 2.18. The Kier molecular flexibility index (Phi) is 3.82. The van der Waals surface area contributed by atoms with Gasteiger partial charge in [-0.3, -0.25) is 4.98 Å². The lowest BCUT2D eigenvalue weighted by atomic mass is 10.2. The van der Waals surface area contributed by atoms with E-state index >= 15 is 0 Å². The van der Waals surface area contributed by atoms with Crippen molar-refractivity contribution in [1.29, 1.82) is 0 Å². The summed E-state index contributed by atoms with van der Waals surface area (Å²) in [6, 6.07) is 16.0. The van der Waals surface area contributed by atoms with E-state index in [1.165, 1.54) is 6.20 Å². The second kappa shape index (κ2) is 6.14. The SMILES string of the molecule is O=S(=O)(c1ccc(Cn2ccnc2)cc1)c1cnc2ccccc2c1. The van der Waals surface area contributed by atoms with Crippen LogP contribution in [-0.4, -0.2) is 23.0 Å². The lowest BCUT2D eigenvalue weighted by Crippen LogP contribution is -2.03. The van der Waals surface area contributed by atoms with Gasteiger partial charge in [0.15, 0.2) is 0 Å². The van der Waals surface area contributed by atoms with Gasteiger partial charge in [-0.25, -0.2) is 13.4 Å². The van der Waals surface area contributed by atoms with E-state index in [0.717, 1.165) is 16.5 Å². The number of hydrogen-bond donors (Lipinski definition) is 0. The summed E-state index contributed by atoms with van der Waals surface area (Å²) < 4.78 is 27.6. The van der Waals surface area contributed by atoms with Crippen molar-refractivity contribution in [3.8, 4) is 0 Å². The second-order valence-electron chi connectivity index (χ2n) is 5.75. The van der Waals surface area contributed by atoms with Gasteiger partial charge in [-0.05, 0) is 29.8 Å². The predicted molar refractivity (Wildman–Crippen MR) is 95.0 cm³/mol. The molecule has 0 saturated carbocycles. The summed E-state index contributed by atoms with van der Waals surface area (Å²) in [4.78, 5) is 8.72. The van der Waals surface area contributed by atoms with Crippen LogP contribution in [0.5, 0.6) is 0 Å². The molecule has 0 atom stereocenters. The molecule has 2 aromatic carbocycles. The number of imidazole rings is 1. The summed E-state index contributed by atoms with van der Waals surface area (Å²) in [6.07, 6.45) is 6.72. The van der Waals surface area contributed by atoms with Crippen molar-refractivity contribution in [1.82, 2.24) is 14.5 Å². The molecule has 0 amide bonds. The molecule has 2 heterocycles. The molecule has 0 N–H and O–H groups in total. The number of sulfone groups is 1. The normalized spacial score (nSPS) is 11.7. The molecular weight excluding hydrogens is 334 g/mol. The molecule has 0 aliphatic heterocycles. The van der Waals surface area contributed by atoms with E-state index in [0.29, 0.717) is 6.54 Å². The highest BCUT2D eigenvalue weighted by Crippen LogP contribution is 2.23. The molecule has 25 heavy (non-hydrogen) atoms. The number of pyridine rings is 1. The van der Waals surface area contributed by atoms with Crippen LogP contribution in [0.3, 0.4) is 0 Å². The molecule has 0 aliphatic carbocycles. The Hall–Kier alpha value is -2.99. The number of fused-ring (bicyclic) bond motifs is 1. The zero-order chi connectivity index (χ0) is 17.3. The van der Waals surface area contributed by atoms with Crippen molar-refractivity contribution < 1.29 is 8.42 Å². The van der Waals surface area contributed by atoms with Gasteiger partial charge in [-0.15, -0.1) is 0 Å². The fourth-order valence-corrected chi connectivity index (χ4v) is 3.94. The van der Waals surface area contributed by atoms with Crippen molar-refractivity contribution in [3.05, 3.63) is 85.1 Å². The number of rotatable bonds is 4. The molecule has 0 fully saturated rings. The minimum atomic E-state index is -3.59. The van der Waals surface area contributed by atoms with Gasteiger partial charge in [0.05, 0.1) is 21.6 Å². The Bertz CT molecular complexity index is 1120. The van der Waals surface area contributed by atoms with Crippen LogP contribution < -0.4 is 0 Å². The molecule has 4 rings (SSSR count). The molecule has 0 aliphatic rings. The van der Waals surface area contributed by atoms with Crippen molar-refractivity contribution in [2.75, 3.05) is 0 Å². The topological polar surface area (TPSA) is 64.8 Å². The molecule has 0 unspecified atom stereocenters. The maximum Gasteiger partial charge on any atom is 0.208 e. The van der Waals surface area contributed by atoms with Gasteiger partial charge in [0.1, 0.15) is 0 Å². The number of aromatic nitrogens is 3. The molecule has 5 nitrogen and oxygen atoms in total. The zero-order valence-electron chi connectivity index (χ0n) is 13.3. The Morgan fingerprint density at radius 3 is 2.52 bits per heavy atom. The van der Waals surface area contributed by atoms with E-state index in [9.17, 15) is 8.42 Å². The van der Waals surface area contributed by atoms with Crippen LogP contribution >= 0.6 is 0 Å². The maximum atomic E-state index is 12.9. The molecule has 0 radical (unpaired) electrons. The fraction of sp³-hybridized carbons (Fsp3) is 0.0526. The highest BCUT2D eigenvalue weighted by atomic mass is 32.2. The molecule has 0 bridgehead atoms. The highest BCUT2D eigenvalue weighted by molar-refractivity contribution is 7.91. The Balaban J connectivity index is 1.66. The van der Waals surface area contributed by atoms with Crippen LogP contribution in [0, 0.1) is 0 Å². The quantitative estimate of drug-likeness (QED) is 0.567. The summed E-state index contributed by atoms with van der Waals surface area (Å²) in [7, 11) is -3.59. The van der Waals surface area contributed by atoms with Crippen LogP contribution in [0.25, 0.3) is 10.9 Å². The van der Waals surface area contributed by atoms with Gasteiger partial charge < -0.3 is 4.57 Å². The first kappa shape index (κ1) is 15.5. The average Bonchev–Trinajstić information content (AvgIpc) is 3.15. The smallest absolute Gasteiger partial charge is 0.208 e. The Morgan fingerprint density at radius 1 is 0.960 bits per heavy atom. The van der Waals surface area contributed by atoms with E-state index in [1.54, 1.807) is 30.7 Å². The van der Waals surface area contributed by atoms with Crippen molar-refractivity contribution in [2.24, 2.45) is 0 Å². The lowest BCUT2D eigenvalue weighted by molar-refractivity contribution is 0.596. The van der Waals surface area contributed by atoms with E-state index in [1.807, 2.05) is 47.2 Å². The summed E-state index contributed by atoms with van der Waals surface area (Å²) in [5.41, 5.74) is 1.78. The van der Waals surface area contributed by atoms with Gasteiger partial charge in [-0.1, -0.05) is 30.3 Å². The first-order valence-corrected chi connectivity index (χ1v) is 9.26. The molecule has 0 saturated heterocycles. The molecule has 6 heteroatoms. The third-order valence-electron chi connectivity index (χ3n) is 4.03. The first-order chi connectivity index (χ1) is 12.1. The number of benzene rings is 2. The second-order valence-corrected chi connectivity index (χ2v) is 7.70. The van der Waals surface area contributed by atoms with Gasteiger partial charge in [0.2, 0.25) is 9.84 Å². The van der Waals surface area contributed by atoms with Gasteiger partial charge >= 0.3 is 0 Å². The molecule has 4 aromatic rings. The third kappa shape index (κ3) is 3.04. The van der Waals surface area contributed by atoms with E-state index in [2.05, 4.69) is 9.97 Å². The van der Waals surface area contributed by atoms with Crippen molar-refractivity contribution in [3.63, 3.8) is 0 Å². The molecule has 124 valence electrons. The maximum absolute atomic E-state index is 12.9. The monoisotopic (exact) mass is 349 g/mol. The number of para-hydroxylation sites is 1. The van der Waals surface area contributed by atoms with Crippen molar-refractivity contribution in [2.45, 2.75) is 16.3 Å². The first-order valence-electron chi connectivity index (χ1n) is 7.77. The van der Waals surface area contributed by atoms with E-state index < -0.39 is 9.84 Å². The summed E-state index contributed by atoms with van der Waals surface area (Å²) in [5.74, 6) is 0. The zero-order valence-corrected chi connectivity index (χ0v) is 14.1. The van der Waals surface area contributed by atoms with Crippen LogP contribution in [0.2, 0.25) is 0 Å². The van der Waals surface area contributed by atoms with Gasteiger partial charge in [-0.2, -0.15) is 0 Å². The van der Waals surface area contributed by atoms with E-state index in [4.69, 9.17) is 0 Å². The van der Waals surface area contributed by atoms with Crippen LogP contribution in [-0.2, 0) is 16.4 Å². The fourth-order valence-electron chi connectivity index (χ4n) is 2.70. The lowest BCUT2D eigenvalue weighted by Gasteiger charge is -2.07. The van der Waals surface area contributed by atoms with E-state index in [-0.39, 0.29) is 9.79 Å². The third-order valence-corrected chi connectivity index (χ3v) is 5.77. The molecule has 2 aromatic heterocycles. The minimum absolute atomic E-state index is 0.202. The predicted octanol–water partition coefficient (Wildman–Crippen LogP) is 3.31. The number of hydrogen-bond acceptors (Lipinski definition) is 4. The van der Waals surface area contributed by atoms with Crippen LogP contribution in [0.1, 0.15) is 5.56 Å². The summed E-state index contributed by atoms with van der Waals surface area (Å²) >= 11 is 0. The minimum Gasteiger partial charge on any atom is -0.333 e. The largest absolute Gasteiger partial charge is 0.333 e. The Labute approximate surface area is 145 Å². The van der Waals surface area contributed by atoms with Crippen LogP contribution in [0.15, 0.2) is 89.3 Å². The van der Waals surface area contributed by atoms with Gasteiger partial charge in [0, 0.05) is 30.5 Å². The molecule has 0 spiro atoms. The molecular formula is C19H15N3O2S. The van der Waals surface area contributed by atoms with Gasteiger partial charge in [0.25, 0.3) is 0 Å².